The molecule has 4 nitrogen and oxygen atoms in total. The zero-order valence-corrected chi connectivity index (χ0v) is 12.2. The van der Waals surface area contributed by atoms with Gasteiger partial charge in [0.1, 0.15) is 5.75 Å². The fraction of sp³-hybridized carbons (Fsp3) is 0.235. The fourth-order valence-corrected chi connectivity index (χ4v) is 2.14. The smallest absolute Gasteiger partial charge is 0.307 e. The van der Waals surface area contributed by atoms with E-state index in [1.165, 1.54) is 7.11 Å². The third-order valence-electron chi connectivity index (χ3n) is 3.24. The van der Waals surface area contributed by atoms with Crippen molar-refractivity contribution < 1.29 is 14.3 Å². The van der Waals surface area contributed by atoms with Crippen molar-refractivity contribution >= 4 is 11.7 Å². The molecule has 1 atom stereocenters. The van der Waals surface area contributed by atoms with Crippen molar-refractivity contribution in [2.45, 2.75) is 12.5 Å². The van der Waals surface area contributed by atoms with Crippen LogP contribution in [0.25, 0.3) is 0 Å². The Labute approximate surface area is 124 Å². The van der Waals surface area contributed by atoms with Gasteiger partial charge in [0.25, 0.3) is 0 Å². The number of benzene rings is 2. The second-order valence-electron chi connectivity index (χ2n) is 4.59. The molecule has 4 heteroatoms. The minimum atomic E-state index is -0.258. The molecule has 0 spiro atoms. The first kappa shape index (κ1) is 14.9. The number of esters is 1. The van der Waals surface area contributed by atoms with E-state index in [-0.39, 0.29) is 18.4 Å². The SMILES string of the molecule is COC(=O)CC(Nc1ccccc1OC)c1ccccc1. The first-order chi connectivity index (χ1) is 10.2. The maximum absolute atomic E-state index is 11.6. The average molecular weight is 285 g/mol. The van der Waals surface area contributed by atoms with Crippen molar-refractivity contribution in [3.05, 3.63) is 60.2 Å². The van der Waals surface area contributed by atoms with Crippen LogP contribution in [0.15, 0.2) is 54.6 Å². The zero-order chi connectivity index (χ0) is 15.1. The summed E-state index contributed by atoms with van der Waals surface area (Å²) in [6.07, 6.45) is 0.249. The van der Waals surface area contributed by atoms with Crippen LogP contribution in [0.3, 0.4) is 0 Å². The Morgan fingerprint density at radius 2 is 1.71 bits per heavy atom. The molecular formula is C17H19NO3. The van der Waals surface area contributed by atoms with Crippen LogP contribution in [0.1, 0.15) is 18.0 Å². The number of carbonyl (C=O) groups excluding carboxylic acids is 1. The number of nitrogens with one attached hydrogen (secondary N) is 1. The highest BCUT2D eigenvalue weighted by Crippen LogP contribution is 2.29. The molecule has 0 fully saturated rings. The molecule has 2 aromatic carbocycles. The summed E-state index contributed by atoms with van der Waals surface area (Å²) in [7, 11) is 3.02. The molecule has 0 aliphatic heterocycles. The molecule has 0 heterocycles. The van der Waals surface area contributed by atoms with E-state index in [2.05, 4.69) is 5.32 Å². The molecule has 0 saturated heterocycles. The molecule has 1 unspecified atom stereocenters. The fourth-order valence-electron chi connectivity index (χ4n) is 2.14. The first-order valence-electron chi connectivity index (χ1n) is 6.76. The quantitative estimate of drug-likeness (QED) is 0.826. The van der Waals surface area contributed by atoms with Crippen LogP contribution in [-0.4, -0.2) is 20.2 Å². The van der Waals surface area contributed by atoms with E-state index in [9.17, 15) is 4.79 Å². The van der Waals surface area contributed by atoms with Gasteiger partial charge in [0.15, 0.2) is 0 Å². The van der Waals surface area contributed by atoms with Gasteiger partial charge in [-0.15, -0.1) is 0 Å². The summed E-state index contributed by atoms with van der Waals surface area (Å²) >= 11 is 0. The van der Waals surface area contributed by atoms with Crippen molar-refractivity contribution in [2.75, 3.05) is 19.5 Å². The minimum absolute atomic E-state index is 0.171. The first-order valence-corrected chi connectivity index (χ1v) is 6.76. The van der Waals surface area contributed by atoms with Crippen LogP contribution >= 0.6 is 0 Å². The van der Waals surface area contributed by atoms with E-state index < -0.39 is 0 Å². The Bertz CT molecular complexity index is 584. The molecule has 0 bridgehead atoms. The lowest BCUT2D eigenvalue weighted by Gasteiger charge is -2.21. The molecule has 110 valence electrons. The van der Waals surface area contributed by atoms with Gasteiger partial charge < -0.3 is 14.8 Å². The van der Waals surface area contributed by atoms with Crippen LogP contribution in [0, 0.1) is 0 Å². The second-order valence-corrected chi connectivity index (χ2v) is 4.59. The van der Waals surface area contributed by atoms with E-state index >= 15 is 0 Å². The van der Waals surface area contributed by atoms with E-state index in [4.69, 9.17) is 9.47 Å². The summed E-state index contributed by atoms with van der Waals surface area (Å²) in [5.74, 6) is 0.481. The Balaban J connectivity index is 2.25. The van der Waals surface area contributed by atoms with Gasteiger partial charge in [-0.1, -0.05) is 42.5 Å². The van der Waals surface area contributed by atoms with Gasteiger partial charge in [0, 0.05) is 0 Å². The number of anilines is 1. The predicted octanol–water partition coefficient (Wildman–Crippen LogP) is 3.41. The van der Waals surface area contributed by atoms with E-state index in [0.717, 1.165) is 17.0 Å². The van der Waals surface area contributed by atoms with Gasteiger partial charge in [-0.2, -0.15) is 0 Å². The van der Waals surface area contributed by atoms with Gasteiger partial charge in [-0.05, 0) is 17.7 Å². The highest BCUT2D eigenvalue weighted by Gasteiger charge is 2.17. The average Bonchev–Trinajstić information content (AvgIpc) is 2.55. The predicted molar refractivity (Wildman–Crippen MR) is 82.4 cm³/mol. The molecule has 0 radical (unpaired) electrons. The highest BCUT2D eigenvalue weighted by molar-refractivity contribution is 5.71. The number of hydrogen-bond donors (Lipinski definition) is 1. The number of rotatable bonds is 6. The summed E-state index contributed by atoms with van der Waals surface area (Å²) in [4.78, 5) is 11.6. The lowest BCUT2D eigenvalue weighted by molar-refractivity contribution is -0.140. The molecule has 0 aliphatic rings. The number of para-hydroxylation sites is 2. The van der Waals surface area contributed by atoms with Crippen molar-refractivity contribution in [1.82, 2.24) is 0 Å². The van der Waals surface area contributed by atoms with E-state index in [0.29, 0.717) is 0 Å². The summed E-state index contributed by atoms with van der Waals surface area (Å²) in [6, 6.07) is 17.3. The molecule has 0 amide bonds. The van der Waals surface area contributed by atoms with Gasteiger partial charge in [-0.25, -0.2) is 0 Å². The maximum Gasteiger partial charge on any atom is 0.307 e. The monoisotopic (exact) mass is 285 g/mol. The topological polar surface area (TPSA) is 47.6 Å². The van der Waals surface area contributed by atoms with Crippen LogP contribution in [0.2, 0.25) is 0 Å². The largest absolute Gasteiger partial charge is 0.495 e. The number of ether oxygens (including phenoxy) is 2. The number of methoxy groups -OCH3 is 2. The maximum atomic E-state index is 11.6. The minimum Gasteiger partial charge on any atom is -0.495 e. The molecular weight excluding hydrogens is 266 g/mol. The molecule has 0 aliphatic carbocycles. The van der Waals surface area contributed by atoms with Crippen molar-refractivity contribution in [2.24, 2.45) is 0 Å². The van der Waals surface area contributed by atoms with Crippen LogP contribution in [0.4, 0.5) is 5.69 Å². The van der Waals surface area contributed by atoms with Gasteiger partial charge in [-0.3, -0.25) is 4.79 Å². The second kappa shape index (κ2) is 7.33. The van der Waals surface area contributed by atoms with Gasteiger partial charge >= 0.3 is 5.97 Å². The standard InChI is InChI=1S/C17H19NO3/c1-20-16-11-7-6-10-14(16)18-15(12-17(19)21-2)13-8-4-3-5-9-13/h3-11,15,18H,12H2,1-2H3. The summed E-state index contributed by atoms with van der Waals surface area (Å²) in [6.45, 7) is 0. The van der Waals surface area contributed by atoms with E-state index in [1.54, 1.807) is 7.11 Å². The van der Waals surface area contributed by atoms with Crippen LogP contribution in [0.5, 0.6) is 5.75 Å². The van der Waals surface area contributed by atoms with Gasteiger partial charge in [0.05, 0.1) is 32.4 Å². The molecule has 1 N–H and O–H groups in total. The highest BCUT2D eigenvalue weighted by atomic mass is 16.5. The summed E-state index contributed by atoms with van der Waals surface area (Å²) in [5.41, 5.74) is 1.87. The Hall–Kier alpha value is -2.49. The summed E-state index contributed by atoms with van der Waals surface area (Å²) < 4.78 is 10.1. The van der Waals surface area contributed by atoms with Crippen LogP contribution < -0.4 is 10.1 Å². The number of hydrogen-bond acceptors (Lipinski definition) is 4. The molecule has 0 saturated carbocycles. The molecule has 2 rings (SSSR count). The molecule has 2 aromatic rings. The van der Waals surface area contributed by atoms with Crippen molar-refractivity contribution in [1.29, 1.82) is 0 Å². The Morgan fingerprint density at radius 3 is 2.38 bits per heavy atom. The van der Waals surface area contributed by atoms with Crippen molar-refractivity contribution in [3.8, 4) is 5.75 Å². The number of carbonyl (C=O) groups is 1. The lowest BCUT2D eigenvalue weighted by atomic mass is 10.0. The summed E-state index contributed by atoms with van der Waals surface area (Å²) in [5, 5.41) is 3.35. The van der Waals surface area contributed by atoms with Crippen molar-refractivity contribution in [3.63, 3.8) is 0 Å². The normalized spacial score (nSPS) is 11.5. The third kappa shape index (κ3) is 3.99. The van der Waals surface area contributed by atoms with Crippen LogP contribution in [-0.2, 0) is 9.53 Å². The van der Waals surface area contributed by atoms with Gasteiger partial charge in [0.2, 0.25) is 0 Å². The third-order valence-corrected chi connectivity index (χ3v) is 3.24. The Kier molecular flexibility index (Phi) is 5.21. The van der Waals surface area contributed by atoms with E-state index in [1.807, 2.05) is 54.6 Å². The zero-order valence-electron chi connectivity index (χ0n) is 12.2. The molecule has 21 heavy (non-hydrogen) atoms. The lowest BCUT2D eigenvalue weighted by Crippen LogP contribution is -2.16. The Morgan fingerprint density at radius 1 is 1.05 bits per heavy atom. The molecule has 0 aromatic heterocycles.